The number of piperidine rings is 1. The summed E-state index contributed by atoms with van der Waals surface area (Å²) in [5.41, 5.74) is 2.33. The molecule has 0 bridgehead atoms. The molecule has 1 amide bonds. The van der Waals surface area contributed by atoms with E-state index in [1.54, 1.807) is 37.1 Å². The van der Waals surface area contributed by atoms with Crippen molar-refractivity contribution in [3.05, 3.63) is 158 Å². The Labute approximate surface area is 458 Å². The van der Waals surface area contributed by atoms with Crippen LogP contribution in [-0.2, 0) is 30.2 Å². The number of amides is 1. The molecule has 4 fully saturated rings. The lowest BCUT2D eigenvalue weighted by molar-refractivity contribution is -0.480. The number of ether oxygens (including phenoxy) is 1. The number of aromatic nitrogens is 4. The topological polar surface area (TPSA) is 141 Å². The van der Waals surface area contributed by atoms with Crippen molar-refractivity contribution in [3.8, 4) is 11.4 Å². The molecule has 4 aliphatic heterocycles. The molecule has 16 nitrogen and oxygen atoms in total. The Balaban J connectivity index is 0.000000175. The largest absolute Gasteiger partial charge is 0.449 e. The molecule has 22 heteroatoms. The minimum Gasteiger partial charge on any atom is -0.449 e. The van der Waals surface area contributed by atoms with Crippen LogP contribution in [0.5, 0.6) is 0 Å². The van der Waals surface area contributed by atoms with Crippen molar-refractivity contribution >= 4 is 35.4 Å². The molecule has 12 rings (SSSR count). The fourth-order valence-corrected chi connectivity index (χ4v) is 11.4. The van der Waals surface area contributed by atoms with E-state index in [4.69, 9.17) is 4.74 Å². The van der Waals surface area contributed by atoms with Crippen LogP contribution < -0.4 is 11.4 Å². The van der Waals surface area contributed by atoms with Gasteiger partial charge < -0.3 is 9.64 Å². The van der Waals surface area contributed by atoms with Crippen molar-refractivity contribution in [3.63, 3.8) is 0 Å². The minimum atomic E-state index is -4.70. The van der Waals surface area contributed by atoms with Gasteiger partial charge in [-0.25, -0.2) is 23.5 Å². The number of rotatable bonds is 11. The summed E-state index contributed by atoms with van der Waals surface area (Å²) in [6.45, 7) is 8.78. The van der Waals surface area contributed by atoms with Crippen LogP contribution in [0.2, 0.25) is 0 Å². The second kappa shape index (κ2) is 22.9. The number of halogens is 6. The van der Waals surface area contributed by atoms with Gasteiger partial charge in [0.1, 0.15) is 0 Å². The number of alkyl halides is 6. The number of fused-ring (bicyclic) bond motifs is 2. The normalized spacial score (nSPS) is 19.5. The van der Waals surface area contributed by atoms with Gasteiger partial charge in [-0.3, -0.25) is 22.8 Å². The fraction of sp³-hybridized carbons (Fsp3) is 0.431. The standard InChI is InChI=1S/C29H31F3N6O.C27H27F3N6O3.C2H6/c1-19-6-5-11-36(14-19)15-20-12-24(29(30,31)32)25-17-37(28(39)38(25)16-20)23-10-4-9-22(13-23)26(21-7-3-8-21)27-34-33-18-35(27)2;1-33-16-31-32-24(33)23(18-5-2-6-18)19-7-3-8-20(12-19)35-15-22-21(27(28,29)30)11-17(14-36(22)25(35)37)13-34-9-4-10-39-26(34)38;1-2/h4,9-10,12-13,16-19H,3,5-8,11,14-15H2,1-2H3;3,7-8,11-12,14-16,18,23H,2,4-6,9-10,13H2,1H3;1-2H3/q2*+1;/t19-;23-;/m01./s1. The maximum absolute atomic E-state index is 14.2. The van der Waals surface area contributed by atoms with Crippen molar-refractivity contribution in [1.82, 2.24) is 27.7 Å². The molecule has 2 radical (unpaired) electrons. The molecule has 4 aromatic heterocycles. The van der Waals surface area contributed by atoms with Crippen molar-refractivity contribution in [2.24, 2.45) is 32.3 Å². The fourth-order valence-electron chi connectivity index (χ4n) is 11.4. The maximum atomic E-state index is 14.2. The first-order valence-electron chi connectivity index (χ1n) is 27.3. The summed E-state index contributed by atoms with van der Waals surface area (Å²) < 4.78 is 98.6. The number of allylic oxidation sites excluding steroid dienone is 1. The average molecular weight is 1110 g/mol. The monoisotopic (exact) mass is 1110 g/mol. The number of nitrogens with zero attached hydrogens (tertiary/aromatic N) is 12. The molecule has 2 aliphatic carbocycles. The van der Waals surface area contributed by atoms with Gasteiger partial charge in [0, 0.05) is 50.0 Å². The molecule has 8 heterocycles. The molecule has 0 N–H and O–H groups in total. The zero-order valence-corrected chi connectivity index (χ0v) is 45.3. The van der Waals surface area contributed by atoms with Gasteiger partial charge in [-0.1, -0.05) is 57.0 Å². The van der Waals surface area contributed by atoms with E-state index >= 15 is 0 Å². The summed E-state index contributed by atoms with van der Waals surface area (Å²) in [6, 6.07) is 16.9. The molecule has 80 heavy (non-hydrogen) atoms. The van der Waals surface area contributed by atoms with Crippen LogP contribution in [0.1, 0.15) is 118 Å². The Bertz CT molecular complexity index is 3590. The number of cyclic esters (lactones) is 1. The average Bonchev–Trinajstić information content (AvgIpc) is 4.26. The summed E-state index contributed by atoms with van der Waals surface area (Å²) >= 11 is 0. The lowest BCUT2D eigenvalue weighted by atomic mass is 9.71. The van der Waals surface area contributed by atoms with Crippen LogP contribution in [-0.4, -0.2) is 96.0 Å². The Hall–Kier alpha value is -7.49. The highest BCUT2D eigenvalue weighted by atomic mass is 19.4. The third-order valence-electron chi connectivity index (χ3n) is 15.6. The number of carbonyl (C=O) groups is 1. The van der Waals surface area contributed by atoms with Gasteiger partial charge in [-0.2, -0.15) is 26.3 Å². The Morgan fingerprint density at radius 1 is 0.700 bits per heavy atom. The number of azo groups is 2. The second-order valence-electron chi connectivity index (χ2n) is 21.2. The van der Waals surface area contributed by atoms with E-state index in [2.05, 4.69) is 32.3 Å². The third kappa shape index (κ3) is 11.3. The number of benzene rings is 2. The van der Waals surface area contributed by atoms with E-state index in [0.717, 1.165) is 108 Å². The Morgan fingerprint density at radius 3 is 1.85 bits per heavy atom. The predicted octanol–water partition coefficient (Wildman–Crippen LogP) is 11.9. The summed E-state index contributed by atoms with van der Waals surface area (Å²) in [4.78, 5) is 42.7. The number of pyridine rings is 2. The molecular weight excluding hydrogens is 1040 g/mol. The number of likely N-dealkylation sites (N-methyl/N-ethyl adjacent to an activating group) is 2. The quantitative estimate of drug-likeness (QED) is 0.0938. The number of carbonyl (C=O) groups excluding carboxylic acids is 1. The Kier molecular flexibility index (Phi) is 16.0. The molecule has 6 aromatic rings. The minimum absolute atomic E-state index is 0.0411. The highest BCUT2D eigenvalue weighted by molar-refractivity contribution is 5.79. The lowest BCUT2D eigenvalue weighted by Gasteiger charge is -2.34. The van der Waals surface area contributed by atoms with Crippen LogP contribution in [0.15, 0.2) is 121 Å². The summed E-state index contributed by atoms with van der Waals surface area (Å²) in [7, 11) is 3.76. The van der Waals surface area contributed by atoms with Crippen LogP contribution >= 0.6 is 0 Å². The van der Waals surface area contributed by atoms with Crippen LogP contribution in [0, 0.1) is 24.2 Å². The van der Waals surface area contributed by atoms with Gasteiger partial charge in [-0.05, 0) is 139 Å². The molecule has 0 unspecified atom stereocenters. The van der Waals surface area contributed by atoms with Gasteiger partial charge in [0.2, 0.25) is 0 Å². The van der Waals surface area contributed by atoms with Gasteiger partial charge >= 0.3 is 54.8 Å². The lowest BCUT2D eigenvalue weighted by Crippen LogP contribution is -2.37. The Morgan fingerprint density at radius 2 is 1.31 bits per heavy atom. The van der Waals surface area contributed by atoms with E-state index in [-0.39, 0.29) is 35.7 Å². The highest BCUT2D eigenvalue weighted by Gasteiger charge is 2.43. The van der Waals surface area contributed by atoms with Crippen molar-refractivity contribution < 1.29 is 45.0 Å². The van der Waals surface area contributed by atoms with Crippen LogP contribution in [0.25, 0.3) is 28.0 Å². The van der Waals surface area contributed by atoms with E-state index in [1.807, 2.05) is 67.4 Å². The molecule has 6 aliphatic rings. The zero-order chi connectivity index (χ0) is 56.6. The van der Waals surface area contributed by atoms with Crippen LogP contribution in [0.3, 0.4) is 0 Å². The second-order valence-corrected chi connectivity index (χ2v) is 21.2. The van der Waals surface area contributed by atoms with Crippen molar-refractivity contribution in [2.75, 3.05) is 40.3 Å². The molecule has 0 spiro atoms. The van der Waals surface area contributed by atoms with Crippen LogP contribution in [0.4, 0.5) is 31.1 Å². The van der Waals surface area contributed by atoms with Gasteiger partial charge in [0.15, 0.2) is 0 Å². The first-order chi connectivity index (χ1) is 38.4. The van der Waals surface area contributed by atoms with E-state index in [1.165, 1.54) is 44.3 Å². The molecule has 420 valence electrons. The number of likely N-dealkylation sites (tertiary alicyclic amines) is 1. The predicted molar refractivity (Wildman–Crippen MR) is 289 cm³/mol. The zero-order valence-electron chi connectivity index (χ0n) is 45.3. The number of hydrogen-bond acceptors (Lipinski definition) is 9. The summed E-state index contributed by atoms with van der Waals surface area (Å²) in [6.07, 6.45) is 9.36. The number of hydrogen-bond donors (Lipinski definition) is 0. The van der Waals surface area contributed by atoms with Crippen molar-refractivity contribution in [2.45, 2.75) is 110 Å². The number of imidazole rings is 2. The van der Waals surface area contributed by atoms with Gasteiger partial charge in [-0.15, -0.1) is 0 Å². The molecule has 2 aromatic carbocycles. The molecule has 2 atom stereocenters. The van der Waals surface area contributed by atoms with Gasteiger partial charge in [0.05, 0.1) is 76.9 Å². The SMILES string of the molecule is CC.C[C@H]1CCCN(Cc2cc(C(F)(F)F)c3cn(-c4cccc(C([C]5N=NC=[N+]5C)=C5CCC5)c4)c(=O)n3c2)C1.C[N+]1=CN=N[C]1[C@@H](c1cccc(-n2cc3c(C(F)(F)F)cc(CN4CCCOC4=O)cn3c2=O)c1)C1CCC1. The first kappa shape index (κ1) is 55.8. The summed E-state index contributed by atoms with van der Waals surface area (Å²) in [5, 5.41) is 16.7. The molecular formula is C58H64F6N12O4+2. The maximum Gasteiger partial charge on any atom is 0.418 e. The van der Waals surface area contributed by atoms with Gasteiger partial charge in [0.25, 0.3) is 0 Å². The third-order valence-corrected chi connectivity index (χ3v) is 15.6. The highest BCUT2D eigenvalue weighted by Crippen LogP contribution is 2.46. The van der Waals surface area contributed by atoms with Crippen molar-refractivity contribution in [1.29, 1.82) is 0 Å². The first-order valence-corrected chi connectivity index (χ1v) is 27.3. The van der Waals surface area contributed by atoms with E-state index in [9.17, 15) is 40.7 Å². The van der Waals surface area contributed by atoms with E-state index in [0.29, 0.717) is 48.3 Å². The molecule has 2 saturated carbocycles. The molecule has 2 saturated heterocycles. The van der Waals surface area contributed by atoms with E-state index < -0.39 is 41.0 Å². The summed E-state index contributed by atoms with van der Waals surface area (Å²) in [5.74, 6) is 0.830. The smallest absolute Gasteiger partial charge is 0.418 e.